The zero-order valence-electron chi connectivity index (χ0n) is 18.2. The molecule has 32 heavy (non-hydrogen) atoms. The maximum Gasteiger partial charge on any atom is 0.316 e. The number of ether oxygens (including phenoxy) is 1. The summed E-state index contributed by atoms with van der Waals surface area (Å²) in [7, 11) is 5.30. The Bertz CT molecular complexity index is 1440. The Morgan fingerprint density at radius 2 is 1.81 bits per heavy atom. The summed E-state index contributed by atoms with van der Waals surface area (Å²) >= 11 is 0. The standard InChI is InChI=1S/C23H22N8O/c1-13-5-7-17-20(31(3)30-21(17)28-16-11-26-23(32-4)27-12-16)19(13)14-6-8-18-15(9-14)10-25-22(24-2)29-18/h5-12H,1-4H3,(H,28,30)(H,24,25,29). The van der Waals surface area contributed by atoms with E-state index in [0.717, 1.165) is 50.0 Å². The predicted molar refractivity (Wildman–Crippen MR) is 125 cm³/mol. The van der Waals surface area contributed by atoms with Crippen molar-refractivity contribution in [3.05, 3.63) is 54.5 Å². The summed E-state index contributed by atoms with van der Waals surface area (Å²) in [5.41, 5.74) is 6.03. The Hall–Kier alpha value is -4.27. The number of rotatable bonds is 5. The van der Waals surface area contributed by atoms with E-state index in [9.17, 15) is 0 Å². The average molecular weight is 426 g/mol. The first-order valence-corrected chi connectivity index (χ1v) is 10.1. The third-order valence-electron chi connectivity index (χ3n) is 5.38. The average Bonchev–Trinajstić information content (AvgIpc) is 3.13. The number of aromatic nitrogens is 6. The van der Waals surface area contributed by atoms with Crippen LogP contribution < -0.4 is 15.4 Å². The van der Waals surface area contributed by atoms with E-state index in [1.54, 1.807) is 12.4 Å². The molecule has 3 heterocycles. The second-order valence-corrected chi connectivity index (χ2v) is 7.43. The van der Waals surface area contributed by atoms with E-state index < -0.39 is 0 Å². The van der Waals surface area contributed by atoms with Crippen LogP contribution in [0.15, 0.2) is 48.9 Å². The van der Waals surface area contributed by atoms with Gasteiger partial charge in [-0.2, -0.15) is 5.10 Å². The molecule has 0 saturated heterocycles. The van der Waals surface area contributed by atoms with Gasteiger partial charge >= 0.3 is 6.01 Å². The fraction of sp³-hybridized carbons (Fsp3) is 0.174. The van der Waals surface area contributed by atoms with Gasteiger partial charge in [-0.3, -0.25) is 4.68 Å². The van der Waals surface area contributed by atoms with E-state index in [1.165, 1.54) is 7.11 Å². The molecule has 9 nitrogen and oxygen atoms in total. The van der Waals surface area contributed by atoms with Crippen molar-refractivity contribution in [3.63, 3.8) is 0 Å². The van der Waals surface area contributed by atoms with Gasteiger partial charge in [0, 0.05) is 36.6 Å². The number of anilines is 3. The molecule has 0 radical (unpaired) electrons. The number of nitrogens with zero attached hydrogens (tertiary/aromatic N) is 6. The molecule has 9 heteroatoms. The first-order valence-electron chi connectivity index (χ1n) is 10.1. The number of benzene rings is 2. The van der Waals surface area contributed by atoms with Crippen molar-refractivity contribution in [2.24, 2.45) is 7.05 Å². The Morgan fingerprint density at radius 3 is 2.56 bits per heavy atom. The SMILES string of the molecule is CNc1ncc2cc(-c3c(C)ccc4c(Nc5cnc(OC)nc5)nn(C)c34)ccc2n1. The minimum atomic E-state index is 0.321. The summed E-state index contributed by atoms with van der Waals surface area (Å²) in [5, 5.41) is 13.0. The Morgan fingerprint density at radius 1 is 1.00 bits per heavy atom. The van der Waals surface area contributed by atoms with E-state index in [0.29, 0.717) is 12.0 Å². The summed E-state index contributed by atoms with van der Waals surface area (Å²) in [4.78, 5) is 17.2. The third-order valence-corrected chi connectivity index (χ3v) is 5.38. The van der Waals surface area contributed by atoms with Gasteiger partial charge in [0.25, 0.3) is 0 Å². The highest BCUT2D eigenvalue weighted by Crippen LogP contribution is 2.36. The number of fused-ring (bicyclic) bond motifs is 2. The summed E-state index contributed by atoms with van der Waals surface area (Å²) in [6, 6.07) is 10.7. The highest BCUT2D eigenvalue weighted by molar-refractivity contribution is 6.03. The monoisotopic (exact) mass is 426 g/mol. The molecule has 0 bridgehead atoms. The topological polar surface area (TPSA) is 103 Å². The third kappa shape index (κ3) is 3.33. The van der Waals surface area contributed by atoms with Gasteiger partial charge in [-0.05, 0) is 36.2 Å². The minimum absolute atomic E-state index is 0.321. The summed E-state index contributed by atoms with van der Waals surface area (Å²) in [5.74, 6) is 1.34. The number of methoxy groups -OCH3 is 1. The second-order valence-electron chi connectivity index (χ2n) is 7.43. The Labute approximate surface area is 184 Å². The van der Waals surface area contributed by atoms with E-state index in [4.69, 9.17) is 9.84 Å². The first-order chi connectivity index (χ1) is 15.6. The Kier molecular flexibility index (Phi) is 4.78. The van der Waals surface area contributed by atoms with Crippen LogP contribution in [0.3, 0.4) is 0 Å². The molecule has 0 atom stereocenters. The van der Waals surface area contributed by atoms with Gasteiger partial charge in [-0.15, -0.1) is 0 Å². The van der Waals surface area contributed by atoms with E-state index in [-0.39, 0.29) is 0 Å². The maximum atomic E-state index is 5.03. The molecule has 0 unspecified atom stereocenters. The van der Waals surface area contributed by atoms with Gasteiger partial charge in [0.1, 0.15) is 0 Å². The van der Waals surface area contributed by atoms with Crippen LogP contribution in [0, 0.1) is 6.92 Å². The molecule has 0 fully saturated rings. The quantitative estimate of drug-likeness (QED) is 0.433. The van der Waals surface area contributed by atoms with Crippen LogP contribution in [-0.2, 0) is 7.05 Å². The van der Waals surface area contributed by atoms with Crippen molar-refractivity contribution in [1.82, 2.24) is 29.7 Å². The lowest BCUT2D eigenvalue weighted by molar-refractivity contribution is 0.380. The van der Waals surface area contributed by atoms with Crippen LogP contribution in [0.25, 0.3) is 32.9 Å². The van der Waals surface area contributed by atoms with Crippen LogP contribution in [0.5, 0.6) is 6.01 Å². The molecule has 0 aliphatic carbocycles. The molecule has 0 aliphatic rings. The van der Waals surface area contributed by atoms with Gasteiger partial charge in [-0.25, -0.2) is 19.9 Å². The molecular weight excluding hydrogens is 404 g/mol. The van der Waals surface area contributed by atoms with Crippen molar-refractivity contribution >= 4 is 39.3 Å². The van der Waals surface area contributed by atoms with Gasteiger partial charge < -0.3 is 15.4 Å². The molecular formula is C23H22N8O. The number of aryl methyl sites for hydroxylation is 2. The first kappa shape index (κ1) is 19.7. The normalized spacial score (nSPS) is 11.1. The largest absolute Gasteiger partial charge is 0.467 e. The van der Waals surface area contributed by atoms with Crippen LogP contribution in [0.4, 0.5) is 17.5 Å². The molecule has 5 rings (SSSR count). The predicted octanol–water partition coefficient (Wildman–Crippen LogP) is 4.08. The lowest BCUT2D eigenvalue weighted by Gasteiger charge is -2.11. The van der Waals surface area contributed by atoms with Crippen LogP contribution >= 0.6 is 0 Å². The molecule has 0 saturated carbocycles. The number of nitrogens with one attached hydrogen (secondary N) is 2. The molecule has 3 aromatic heterocycles. The Balaban J connectivity index is 1.62. The van der Waals surface area contributed by atoms with E-state index >= 15 is 0 Å². The minimum Gasteiger partial charge on any atom is -0.467 e. The molecule has 160 valence electrons. The molecule has 2 N–H and O–H groups in total. The lowest BCUT2D eigenvalue weighted by atomic mass is 9.96. The smallest absolute Gasteiger partial charge is 0.316 e. The summed E-state index contributed by atoms with van der Waals surface area (Å²) < 4.78 is 6.93. The van der Waals surface area contributed by atoms with Gasteiger partial charge in [0.05, 0.1) is 36.2 Å². The number of hydrogen-bond acceptors (Lipinski definition) is 8. The highest BCUT2D eigenvalue weighted by Gasteiger charge is 2.17. The molecule has 0 spiro atoms. The highest BCUT2D eigenvalue weighted by atomic mass is 16.5. The summed E-state index contributed by atoms with van der Waals surface area (Å²) in [6.45, 7) is 2.11. The number of hydrogen-bond donors (Lipinski definition) is 2. The molecule has 0 aliphatic heterocycles. The lowest BCUT2D eigenvalue weighted by Crippen LogP contribution is -1.97. The molecule has 0 amide bonds. The van der Waals surface area contributed by atoms with Crippen LogP contribution in [-0.4, -0.2) is 43.9 Å². The molecule has 5 aromatic rings. The van der Waals surface area contributed by atoms with Crippen molar-refractivity contribution in [2.45, 2.75) is 6.92 Å². The van der Waals surface area contributed by atoms with Gasteiger partial charge in [0.2, 0.25) is 5.95 Å². The second kappa shape index (κ2) is 7.77. The van der Waals surface area contributed by atoms with Gasteiger partial charge in [-0.1, -0.05) is 12.1 Å². The van der Waals surface area contributed by atoms with E-state index in [2.05, 4.69) is 61.8 Å². The van der Waals surface area contributed by atoms with Gasteiger partial charge in [0.15, 0.2) is 5.82 Å². The van der Waals surface area contributed by atoms with Crippen molar-refractivity contribution in [3.8, 4) is 17.1 Å². The van der Waals surface area contributed by atoms with Crippen LogP contribution in [0.2, 0.25) is 0 Å². The van der Waals surface area contributed by atoms with Crippen LogP contribution in [0.1, 0.15) is 5.56 Å². The zero-order chi connectivity index (χ0) is 22.2. The van der Waals surface area contributed by atoms with Crippen molar-refractivity contribution < 1.29 is 4.74 Å². The fourth-order valence-electron chi connectivity index (χ4n) is 3.86. The maximum absolute atomic E-state index is 5.03. The van der Waals surface area contributed by atoms with Crippen molar-refractivity contribution in [2.75, 3.05) is 24.8 Å². The molecule has 2 aromatic carbocycles. The van der Waals surface area contributed by atoms with Crippen molar-refractivity contribution in [1.29, 1.82) is 0 Å². The fourth-order valence-corrected chi connectivity index (χ4v) is 3.86. The summed E-state index contributed by atoms with van der Waals surface area (Å²) in [6.07, 6.45) is 5.18. The van der Waals surface area contributed by atoms with E-state index in [1.807, 2.05) is 31.0 Å². The zero-order valence-corrected chi connectivity index (χ0v) is 18.2.